The zero-order chi connectivity index (χ0) is 15.7. The minimum Gasteiger partial charge on any atom is -0.496 e. The maximum atomic E-state index is 12.6. The Kier molecular flexibility index (Phi) is 4.36. The lowest BCUT2D eigenvalue weighted by atomic mass is 9.98. The van der Waals surface area contributed by atoms with Crippen LogP contribution in [0.4, 0.5) is 0 Å². The fourth-order valence-corrected chi connectivity index (χ4v) is 3.05. The number of fused-ring (bicyclic) bond motifs is 1. The molecule has 0 bridgehead atoms. The molecular weight excluding hydrogens is 412 g/mol. The van der Waals surface area contributed by atoms with E-state index in [1.807, 2.05) is 30.3 Å². The van der Waals surface area contributed by atoms with Gasteiger partial charge in [-0.3, -0.25) is 4.79 Å². The van der Waals surface area contributed by atoms with Gasteiger partial charge in [-0.05, 0) is 42.5 Å². The predicted molar refractivity (Wildman–Crippen MR) is 92.6 cm³/mol. The van der Waals surface area contributed by atoms with E-state index in [1.165, 1.54) is 0 Å². The number of hydrogen-bond donors (Lipinski definition) is 0. The quantitative estimate of drug-likeness (QED) is 0.645. The Bertz CT molecular complexity index is 781. The van der Waals surface area contributed by atoms with Crippen LogP contribution >= 0.6 is 31.9 Å². The Morgan fingerprint density at radius 3 is 2.64 bits per heavy atom. The van der Waals surface area contributed by atoms with Crippen molar-refractivity contribution in [2.45, 2.75) is 0 Å². The molecule has 1 aliphatic rings. The molecule has 0 aliphatic carbocycles. The third-order valence-corrected chi connectivity index (χ3v) is 4.37. The molecule has 0 atom stereocenters. The van der Waals surface area contributed by atoms with Crippen LogP contribution in [0.25, 0.3) is 6.08 Å². The summed E-state index contributed by atoms with van der Waals surface area (Å²) in [6.07, 6.45) is 1.82. The van der Waals surface area contributed by atoms with Gasteiger partial charge >= 0.3 is 0 Å². The van der Waals surface area contributed by atoms with Gasteiger partial charge in [-0.2, -0.15) is 0 Å². The van der Waals surface area contributed by atoms with Crippen LogP contribution in [0, 0.1) is 0 Å². The monoisotopic (exact) mass is 422 g/mol. The molecular formula is C17H12Br2O3. The molecule has 5 heteroatoms. The topological polar surface area (TPSA) is 35.5 Å². The highest BCUT2D eigenvalue weighted by atomic mass is 79.9. The summed E-state index contributed by atoms with van der Waals surface area (Å²) in [4.78, 5) is 12.6. The fourth-order valence-electron chi connectivity index (χ4n) is 2.31. The second-order valence-corrected chi connectivity index (χ2v) is 6.65. The summed E-state index contributed by atoms with van der Waals surface area (Å²) in [7, 11) is 1.61. The number of halogens is 2. The van der Waals surface area contributed by atoms with E-state index in [4.69, 9.17) is 9.47 Å². The number of rotatable bonds is 2. The Labute approximate surface area is 145 Å². The Morgan fingerprint density at radius 2 is 1.86 bits per heavy atom. The molecule has 0 spiro atoms. The highest BCUT2D eigenvalue weighted by molar-refractivity contribution is 9.10. The molecule has 22 heavy (non-hydrogen) atoms. The van der Waals surface area contributed by atoms with Crippen molar-refractivity contribution >= 4 is 43.7 Å². The normalized spacial score (nSPS) is 15.4. The van der Waals surface area contributed by atoms with Gasteiger partial charge < -0.3 is 9.47 Å². The van der Waals surface area contributed by atoms with Gasteiger partial charge in [-0.15, -0.1) is 0 Å². The average molecular weight is 424 g/mol. The molecule has 112 valence electrons. The molecule has 1 heterocycles. The lowest BCUT2D eigenvalue weighted by molar-refractivity contribution is 0.100. The maximum absolute atomic E-state index is 12.6. The van der Waals surface area contributed by atoms with Crippen LogP contribution in [-0.2, 0) is 0 Å². The summed E-state index contributed by atoms with van der Waals surface area (Å²) in [6, 6.07) is 11.1. The summed E-state index contributed by atoms with van der Waals surface area (Å²) in [5.41, 5.74) is 2.00. The van der Waals surface area contributed by atoms with Crippen LogP contribution in [0.3, 0.4) is 0 Å². The number of carbonyl (C=O) groups is 1. The largest absolute Gasteiger partial charge is 0.496 e. The zero-order valence-corrected chi connectivity index (χ0v) is 14.9. The number of Topliss-reactive ketones (excluding diaryl/α,β-unsaturated/α-hetero) is 1. The standard InChI is InChI=1S/C17H12Br2O3/c1-21-15-4-2-12(18)7-10(15)6-11-9-22-16-5-3-13(19)8-14(16)17(11)20/h2-8H,9H2,1H3/b11-6+. The SMILES string of the molecule is COc1ccc(Br)cc1/C=C1\COc2ccc(Br)cc2C1=O. The molecule has 0 N–H and O–H groups in total. The lowest BCUT2D eigenvalue weighted by Crippen LogP contribution is -2.19. The smallest absolute Gasteiger partial charge is 0.196 e. The summed E-state index contributed by atoms with van der Waals surface area (Å²) in [5.74, 6) is 1.31. The Hall–Kier alpha value is -1.59. The van der Waals surface area contributed by atoms with E-state index in [0.717, 1.165) is 14.5 Å². The van der Waals surface area contributed by atoms with E-state index in [1.54, 1.807) is 19.2 Å². The molecule has 3 rings (SSSR count). The summed E-state index contributed by atoms with van der Waals surface area (Å²) in [5, 5.41) is 0. The highest BCUT2D eigenvalue weighted by Gasteiger charge is 2.23. The van der Waals surface area contributed by atoms with Crippen LogP contribution in [0.1, 0.15) is 15.9 Å². The number of ether oxygens (including phenoxy) is 2. The van der Waals surface area contributed by atoms with Crippen molar-refractivity contribution in [3.63, 3.8) is 0 Å². The third kappa shape index (κ3) is 2.96. The second kappa shape index (κ2) is 6.26. The first-order valence-corrected chi connectivity index (χ1v) is 8.18. The van der Waals surface area contributed by atoms with Crippen LogP contribution in [0.5, 0.6) is 11.5 Å². The van der Waals surface area contributed by atoms with Gasteiger partial charge in [0.2, 0.25) is 0 Å². The molecule has 2 aromatic carbocycles. The molecule has 2 aromatic rings. The summed E-state index contributed by atoms with van der Waals surface area (Å²) < 4.78 is 12.8. The van der Waals surface area contributed by atoms with Crippen molar-refractivity contribution < 1.29 is 14.3 Å². The van der Waals surface area contributed by atoms with E-state index in [0.29, 0.717) is 22.6 Å². The lowest BCUT2D eigenvalue weighted by Gasteiger charge is -2.19. The van der Waals surface area contributed by atoms with E-state index in [-0.39, 0.29) is 12.4 Å². The number of ketones is 1. The summed E-state index contributed by atoms with van der Waals surface area (Å²) in [6.45, 7) is 0.253. The minimum absolute atomic E-state index is 0.0235. The van der Waals surface area contributed by atoms with Crippen molar-refractivity contribution in [1.82, 2.24) is 0 Å². The number of benzene rings is 2. The molecule has 0 aromatic heterocycles. The molecule has 0 amide bonds. The second-order valence-electron chi connectivity index (χ2n) is 4.81. The van der Waals surface area contributed by atoms with Gasteiger partial charge in [-0.1, -0.05) is 31.9 Å². The zero-order valence-electron chi connectivity index (χ0n) is 11.7. The van der Waals surface area contributed by atoms with Gasteiger partial charge in [-0.25, -0.2) is 0 Å². The third-order valence-electron chi connectivity index (χ3n) is 3.38. The van der Waals surface area contributed by atoms with E-state index < -0.39 is 0 Å². The molecule has 1 aliphatic heterocycles. The maximum Gasteiger partial charge on any atom is 0.196 e. The van der Waals surface area contributed by atoms with Crippen LogP contribution < -0.4 is 9.47 Å². The van der Waals surface area contributed by atoms with E-state index in [2.05, 4.69) is 31.9 Å². The van der Waals surface area contributed by atoms with E-state index in [9.17, 15) is 4.79 Å². The highest BCUT2D eigenvalue weighted by Crippen LogP contribution is 2.32. The first kappa shape index (κ1) is 15.3. The molecule has 3 nitrogen and oxygen atoms in total. The van der Waals surface area contributed by atoms with Gasteiger partial charge in [0.05, 0.1) is 12.7 Å². The van der Waals surface area contributed by atoms with Crippen LogP contribution in [-0.4, -0.2) is 19.5 Å². The van der Waals surface area contributed by atoms with Crippen molar-refractivity contribution in [1.29, 1.82) is 0 Å². The van der Waals surface area contributed by atoms with Crippen molar-refractivity contribution in [2.75, 3.05) is 13.7 Å². The number of carbonyl (C=O) groups excluding carboxylic acids is 1. The van der Waals surface area contributed by atoms with Crippen LogP contribution in [0.15, 0.2) is 50.9 Å². The minimum atomic E-state index is -0.0235. The summed E-state index contributed by atoms with van der Waals surface area (Å²) >= 11 is 6.82. The molecule has 0 unspecified atom stereocenters. The van der Waals surface area contributed by atoms with Crippen molar-refractivity contribution in [2.24, 2.45) is 0 Å². The molecule has 0 fully saturated rings. The van der Waals surface area contributed by atoms with Gasteiger partial charge in [0.25, 0.3) is 0 Å². The Morgan fingerprint density at radius 1 is 1.14 bits per heavy atom. The van der Waals surface area contributed by atoms with Crippen molar-refractivity contribution in [3.05, 3.63) is 62.0 Å². The fraction of sp³-hybridized carbons (Fsp3) is 0.118. The first-order chi connectivity index (χ1) is 10.6. The number of hydrogen-bond acceptors (Lipinski definition) is 3. The Balaban J connectivity index is 2.03. The molecule has 0 saturated heterocycles. The van der Waals surface area contributed by atoms with Crippen molar-refractivity contribution in [3.8, 4) is 11.5 Å². The number of methoxy groups -OCH3 is 1. The average Bonchev–Trinajstić information content (AvgIpc) is 2.51. The van der Waals surface area contributed by atoms with E-state index >= 15 is 0 Å². The van der Waals surface area contributed by atoms with Gasteiger partial charge in [0.15, 0.2) is 5.78 Å². The predicted octanol–water partition coefficient (Wildman–Crippen LogP) is 4.88. The molecule has 0 radical (unpaired) electrons. The van der Waals surface area contributed by atoms with Crippen LogP contribution in [0.2, 0.25) is 0 Å². The molecule has 0 saturated carbocycles. The first-order valence-electron chi connectivity index (χ1n) is 6.59. The van der Waals surface area contributed by atoms with Gasteiger partial charge in [0, 0.05) is 20.1 Å². The van der Waals surface area contributed by atoms with Gasteiger partial charge in [0.1, 0.15) is 18.1 Å².